The van der Waals surface area contributed by atoms with E-state index in [4.69, 9.17) is 0 Å². The normalized spacial score (nSPS) is 13.6. The molecular formula is C24H18F3NO. The van der Waals surface area contributed by atoms with Gasteiger partial charge in [0.2, 0.25) is 0 Å². The molecule has 146 valence electrons. The van der Waals surface area contributed by atoms with Crippen molar-refractivity contribution in [1.29, 1.82) is 0 Å². The Morgan fingerprint density at radius 3 is 2.21 bits per heavy atom. The van der Waals surface area contributed by atoms with E-state index in [1.165, 1.54) is 12.1 Å². The van der Waals surface area contributed by atoms with Crippen molar-refractivity contribution in [3.63, 3.8) is 0 Å². The van der Waals surface area contributed by atoms with Crippen LogP contribution in [0.5, 0.6) is 0 Å². The average Bonchev–Trinajstić information content (AvgIpc) is 2.99. The minimum absolute atomic E-state index is 0.200. The third-order valence-electron chi connectivity index (χ3n) is 5.02. The lowest BCUT2D eigenvalue weighted by molar-refractivity contribution is -0.137. The Hall–Kier alpha value is -3.34. The first-order valence-electron chi connectivity index (χ1n) is 9.30. The third kappa shape index (κ3) is 3.56. The largest absolute Gasteiger partial charge is 0.416 e. The van der Waals surface area contributed by atoms with Gasteiger partial charge >= 0.3 is 6.18 Å². The Morgan fingerprint density at radius 1 is 0.862 bits per heavy atom. The minimum atomic E-state index is -4.42. The first-order valence-corrected chi connectivity index (χ1v) is 9.30. The molecule has 5 heteroatoms. The van der Waals surface area contributed by atoms with Crippen LogP contribution in [0, 0.1) is 0 Å². The number of carbonyl (C=O) groups excluding carboxylic acids is 1. The molecule has 1 aliphatic rings. The highest BCUT2D eigenvalue weighted by atomic mass is 19.4. The SMILES string of the molecule is CCc1cccc(NC2=C(c3ccc(C(F)(F)F)cc3)C(=O)c3ccccc32)c1. The number of rotatable bonds is 4. The summed E-state index contributed by atoms with van der Waals surface area (Å²) in [5.74, 6) is -0.200. The number of hydrogen-bond acceptors (Lipinski definition) is 2. The molecular weight excluding hydrogens is 375 g/mol. The minimum Gasteiger partial charge on any atom is -0.354 e. The monoisotopic (exact) mass is 393 g/mol. The van der Waals surface area contributed by atoms with Gasteiger partial charge in [-0.3, -0.25) is 4.79 Å². The van der Waals surface area contributed by atoms with Gasteiger partial charge in [0.25, 0.3) is 0 Å². The van der Waals surface area contributed by atoms with Crippen LogP contribution < -0.4 is 5.32 Å². The van der Waals surface area contributed by atoms with Gasteiger partial charge in [0, 0.05) is 16.8 Å². The van der Waals surface area contributed by atoms with E-state index in [-0.39, 0.29) is 5.78 Å². The average molecular weight is 393 g/mol. The van der Waals surface area contributed by atoms with E-state index in [0.29, 0.717) is 22.4 Å². The molecule has 29 heavy (non-hydrogen) atoms. The highest BCUT2D eigenvalue weighted by molar-refractivity contribution is 6.40. The molecule has 0 saturated heterocycles. The number of alkyl halides is 3. The predicted molar refractivity (Wildman–Crippen MR) is 108 cm³/mol. The van der Waals surface area contributed by atoms with Crippen molar-refractivity contribution < 1.29 is 18.0 Å². The lowest BCUT2D eigenvalue weighted by Crippen LogP contribution is -2.06. The highest BCUT2D eigenvalue weighted by Gasteiger charge is 2.33. The van der Waals surface area contributed by atoms with Crippen LogP contribution in [0.15, 0.2) is 72.8 Å². The Kier molecular flexibility index (Phi) is 4.74. The number of halogens is 3. The molecule has 0 aromatic heterocycles. The number of nitrogens with one attached hydrogen (secondary N) is 1. The Morgan fingerprint density at radius 2 is 1.55 bits per heavy atom. The van der Waals surface area contributed by atoms with E-state index in [9.17, 15) is 18.0 Å². The van der Waals surface area contributed by atoms with Crippen LogP contribution in [0.3, 0.4) is 0 Å². The topological polar surface area (TPSA) is 29.1 Å². The number of Topliss-reactive ketones (excluding diaryl/α,β-unsaturated/α-hetero) is 1. The predicted octanol–water partition coefficient (Wildman–Crippen LogP) is 6.44. The Bertz CT molecular complexity index is 1110. The maximum atomic E-state index is 13.1. The first-order chi connectivity index (χ1) is 13.9. The summed E-state index contributed by atoms with van der Waals surface area (Å²) >= 11 is 0. The van der Waals surface area contributed by atoms with Crippen molar-refractivity contribution in [3.8, 4) is 0 Å². The van der Waals surface area contributed by atoms with Crippen LogP contribution in [0.2, 0.25) is 0 Å². The first kappa shape index (κ1) is 19.0. The molecule has 0 aliphatic heterocycles. The Balaban J connectivity index is 1.83. The molecule has 0 amide bonds. The number of carbonyl (C=O) groups is 1. The molecule has 0 unspecified atom stereocenters. The molecule has 0 spiro atoms. The molecule has 0 saturated carbocycles. The fourth-order valence-electron chi connectivity index (χ4n) is 3.53. The van der Waals surface area contributed by atoms with Gasteiger partial charge in [-0.05, 0) is 41.8 Å². The zero-order valence-electron chi connectivity index (χ0n) is 15.7. The van der Waals surface area contributed by atoms with Crippen LogP contribution in [-0.2, 0) is 12.6 Å². The van der Waals surface area contributed by atoms with Crippen LogP contribution >= 0.6 is 0 Å². The van der Waals surface area contributed by atoms with Crippen molar-refractivity contribution in [3.05, 3.63) is 101 Å². The van der Waals surface area contributed by atoms with E-state index in [2.05, 4.69) is 12.2 Å². The number of allylic oxidation sites excluding steroid dienone is 1. The number of fused-ring (bicyclic) bond motifs is 1. The summed E-state index contributed by atoms with van der Waals surface area (Å²) in [7, 11) is 0. The number of hydrogen-bond donors (Lipinski definition) is 1. The molecule has 1 aliphatic carbocycles. The van der Waals surface area contributed by atoms with Crippen LogP contribution in [-0.4, -0.2) is 5.78 Å². The van der Waals surface area contributed by atoms with Crippen LogP contribution in [0.4, 0.5) is 18.9 Å². The number of ketones is 1. The van der Waals surface area contributed by atoms with Gasteiger partial charge in [0.1, 0.15) is 0 Å². The maximum absolute atomic E-state index is 13.1. The van der Waals surface area contributed by atoms with E-state index in [0.717, 1.165) is 35.4 Å². The van der Waals surface area contributed by atoms with E-state index in [1.54, 1.807) is 12.1 Å². The molecule has 0 atom stereocenters. The van der Waals surface area contributed by atoms with Gasteiger partial charge in [-0.25, -0.2) is 0 Å². The molecule has 2 nitrogen and oxygen atoms in total. The summed E-state index contributed by atoms with van der Waals surface area (Å²) in [4.78, 5) is 13.1. The van der Waals surface area contributed by atoms with E-state index in [1.807, 2.05) is 36.4 Å². The van der Waals surface area contributed by atoms with Gasteiger partial charge in [-0.1, -0.05) is 55.5 Å². The Labute approximate surface area is 166 Å². The van der Waals surface area contributed by atoms with Crippen molar-refractivity contribution in [2.24, 2.45) is 0 Å². The molecule has 0 heterocycles. The molecule has 0 radical (unpaired) electrons. The number of aryl methyl sites for hydroxylation is 1. The maximum Gasteiger partial charge on any atom is 0.416 e. The fourth-order valence-corrected chi connectivity index (χ4v) is 3.53. The smallest absolute Gasteiger partial charge is 0.354 e. The van der Waals surface area contributed by atoms with Crippen molar-refractivity contribution in [2.75, 3.05) is 5.32 Å². The van der Waals surface area contributed by atoms with Crippen LogP contribution in [0.25, 0.3) is 11.3 Å². The molecule has 3 aromatic rings. The van der Waals surface area contributed by atoms with Crippen LogP contribution in [0.1, 0.15) is 39.5 Å². The van der Waals surface area contributed by atoms with Gasteiger partial charge in [0.15, 0.2) is 5.78 Å². The molecule has 0 bridgehead atoms. The zero-order valence-corrected chi connectivity index (χ0v) is 15.7. The van der Waals surface area contributed by atoms with Gasteiger partial charge in [0.05, 0.1) is 16.8 Å². The van der Waals surface area contributed by atoms with Gasteiger partial charge in [-0.2, -0.15) is 13.2 Å². The lowest BCUT2D eigenvalue weighted by atomic mass is 10.00. The second-order valence-corrected chi connectivity index (χ2v) is 6.88. The fraction of sp³-hybridized carbons (Fsp3) is 0.125. The quantitative estimate of drug-likeness (QED) is 0.552. The second-order valence-electron chi connectivity index (χ2n) is 6.88. The molecule has 3 aromatic carbocycles. The number of benzene rings is 3. The lowest BCUT2D eigenvalue weighted by Gasteiger charge is -2.13. The zero-order chi connectivity index (χ0) is 20.6. The number of anilines is 1. The summed E-state index contributed by atoms with van der Waals surface area (Å²) in [6.07, 6.45) is -3.55. The summed E-state index contributed by atoms with van der Waals surface area (Å²) in [6.45, 7) is 2.06. The molecule has 4 rings (SSSR count). The summed E-state index contributed by atoms with van der Waals surface area (Å²) in [5.41, 5.74) is 3.95. The van der Waals surface area contributed by atoms with E-state index < -0.39 is 11.7 Å². The summed E-state index contributed by atoms with van der Waals surface area (Å²) in [6, 6.07) is 19.8. The third-order valence-corrected chi connectivity index (χ3v) is 5.02. The van der Waals surface area contributed by atoms with Crippen molar-refractivity contribution in [2.45, 2.75) is 19.5 Å². The van der Waals surface area contributed by atoms with E-state index >= 15 is 0 Å². The van der Waals surface area contributed by atoms with Crippen molar-refractivity contribution in [1.82, 2.24) is 0 Å². The highest BCUT2D eigenvalue weighted by Crippen LogP contribution is 2.39. The van der Waals surface area contributed by atoms with Gasteiger partial charge < -0.3 is 5.32 Å². The van der Waals surface area contributed by atoms with Gasteiger partial charge in [-0.15, -0.1) is 0 Å². The summed E-state index contributed by atoms with van der Waals surface area (Å²) < 4.78 is 38.8. The molecule has 1 N–H and O–H groups in total. The summed E-state index contributed by atoms with van der Waals surface area (Å²) in [5, 5.41) is 3.33. The standard InChI is InChI=1S/C24H18F3NO/c1-2-15-6-5-7-18(14-15)28-22-19-8-3-4-9-20(19)23(29)21(22)16-10-12-17(13-11-16)24(25,26)27/h3-14,28H,2H2,1H3. The second kappa shape index (κ2) is 7.24. The van der Waals surface area contributed by atoms with Crippen molar-refractivity contribution >= 4 is 22.7 Å². The molecule has 0 fully saturated rings.